The highest BCUT2D eigenvalue weighted by atomic mass is 32.1. The Hall–Kier alpha value is -1.72. The van der Waals surface area contributed by atoms with Gasteiger partial charge in [0, 0.05) is 12.5 Å². The van der Waals surface area contributed by atoms with E-state index in [0.717, 1.165) is 12.2 Å². The first-order chi connectivity index (χ1) is 10.1. The van der Waals surface area contributed by atoms with Crippen molar-refractivity contribution in [3.63, 3.8) is 0 Å². The number of aromatic nitrogens is 3. The van der Waals surface area contributed by atoms with Crippen LogP contribution in [-0.2, 0) is 13.0 Å². The summed E-state index contributed by atoms with van der Waals surface area (Å²) in [4.78, 5) is 0. The maximum atomic E-state index is 9.80. The summed E-state index contributed by atoms with van der Waals surface area (Å²) in [6.07, 6.45) is 2.88. The first kappa shape index (κ1) is 15.7. The van der Waals surface area contributed by atoms with E-state index in [0.29, 0.717) is 17.7 Å². The summed E-state index contributed by atoms with van der Waals surface area (Å²) in [6.45, 7) is 6.19. The quantitative estimate of drug-likeness (QED) is 0.610. The van der Waals surface area contributed by atoms with Gasteiger partial charge in [-0.15, -0.1) is 6.58 Å². The predicted molar refractivity (Wildman–Crippen MR) is 86.8 cm³/mol. The van der Waals surface area contributed by atoms with E-state index < -0.39 is 0 Å². The van der Waals surface area contributed by atoms with Gasteiger partial charge in [-0.2, -0.15) is 5.10 Å². The molecule has 0 amide bonds. The van der Waals surface area contributed by atoms with E-state index in [1.165, 1.54) is 5.56 Å². The summed E-state index contributed by atoms with van der Waals surface area (Å²) in [5, 5.41) is 17.0. The molecule has 0 saturated carbocycles. The molecule has 2 rings (SSSR count). The minimum absolute atomic E-state index is 0.111. The zero-order chi connectivity index (χ0) is 15.2. The van der Waals surface area contributed by atoms with Crippen LogP contribution in [0.25, 0.3) is 0 Å². The number of aliphatic hydroxyl groups is 1. The van der Waals surface area contributed by atoms with E-state index in [1.54, 1.807) is 13.0 Å². The highest BCUT2D eigenvalue weighted by molar-refractivity contribution is 7.71. The van der Waals surface area contributed by atoms with Crippen molar-refractivity contribution in [2.75, 3.05) is 0 Å². The van der Waals surface area contributed by atoms with E-state index in [4.69, 9.17) is 12.2 Å². The molecular formula is C16H21N3OS. The van der Waals surface area contributed by atoms with Gasteiger partial charge in [0.2, 0.25) is 0 Å². The normalized spacial score (nSPS) is 13.8. The third-order valence-electron chi connectivity index (χ3n) is 3.42. The Balaban J connectivity index is 2.31. The van der Waals surface area contributed by atoms with Crippen molar-refractivity contribution in [1.29, 1.82) is 0 Å². The number of benzene rings is 1. The Bertz CT molecular complexity index is 630. The van der Waals surface area contributed by atoms with Gasteiger partial charge in [-0.1, -0.05) is 36.4 Å². The molecule has 1 heterocycles. The van der Waals surface area contributed by atoms with Crippen LogP contribution >= 0.6 is 12.2 Å². The van der Waals surface area contributed by atoms with Crippen molar-refractivity contribution < 1.29 is 5.11 Å². The number of H-pyrrole nitrogens is 1. The third kappa shape index (κ3) is 4.12. The monoisotopic (exact) mass is 303 g/mol. The zero-order valence-corrected chi connectivity index (χ0v) is 13.0. The van der Waals surface area contributed by atoms with Gasteiger partial charge in [0.05, 0.1) is 6.10 Å². The van der Waals surface area contributed by atoms with Crippen LogP contribution in [0.15, 0.2) is 43.0 Å². The van der Waals surface area contributed by atoms with E-state index >= 15 is 0 Å². The molecule has 2 atom stereocenters. The van der Waals surface area contributed by atoms with Crippen molar-refractivity contribution in [1.82, 2.24) is 14.8 Å². The summed E-state index contributed by atoms with van der Waals surface area (Å²) >= 11 is 5.27. The van der Waals surface area contributed by atoms with E-state index in [2.05, 4.69) is 28.9 Å². The molecule has 0 aliphatic carbocycles. The zero-order valence-electron chi connectivity index (χ0n) is 12.2. The number of hydrogen-bond donors (Lipinski definition) is 2. The van der Waals surface area contributed by atoms with Crippen LogP contribution in [0.2, 0.25) is 0 Å². The topological polar surface area (TPSA) is 53.8 Å². The molecule has 1 aromatic heterocycles. The average molecular weight is 303 g/mol. The molecule has 0 aliphatic rings. The lowest BCUT2D eigenvalue weighted by Crippen LogP contribution is -2.16. The average Bonchev–Trinajstić information content (AvgIpc) is 2.81. The van der Waals surface area contributed by atoms with Crippen molar-refractivity contribution >= 4 is 12.2 Å². The summed E-state index contributed by atoms with van der Waals surface area (Å²) in [6, 6.07) is 10.2. The largest absolute Gasteiger partial charge is 0.393 e. The number of hydrogen-bond acceptors (Lipinski definition) is 3. The molecule has 2 aromatic rings. The second-order valence-electron chi connectivity index (χ2n) is 5.26. The van der Waals surface area contributed by atoms with Gasteiger partial charge in [0.15, 0.2) is 4.77 Å². The fourth-order valence-electron chi connectivity index (χ4n) is 2.54. The summed E-state index contributed by atoms with van der Waals surface area (Å²) < 4.78 is 2.53. The Morgan fingerprint density at radius 3 is 2.76 bits per heavy atom. The second kappa shape index (κ2) is 7.33. The van der Waals surface area contributed by atoms with Crippen LogP contribution in [0, 0.1) is 4.77 Å². The Kier molecular flexibility index (Phi) is 5.47. The number of aliphatic hydroxyl groups excluding tert-OH is 1. The van der Waals surface area contributed by atoms with Gasteiger partial charge < -0.3 is 9.67 Å². The standard InChI is InChI=1S/C16H21N3OS/c1-3-9-19-15(17-18-16(19)21)14(10-12(2)20)11-13-7-5-4-6-8-13/h3-8,12,14,20H,1,9-11H2,2H3,(H,18,21). The molecule has 2 N–H and O–H groups in total. The molecule has 0 saturated heterocycles. The van der Waals surface area contributed by atoms with Crippen molar-refractivity contribution in [3.8, 4) is 0 Å². The minimum Gasteiger partial charge on any atom is -0.393 e. The Morgan fingerprint density at radius 2 is 2.14 bits per heavy atom. The van der Waals surface area contributed by atoms with Crippen LogP contribution in [0.3, 0.4) is 0 Å². The highest BCUT2D eigenvalue weighted by Crippen LogP contribution is 2.24. The smallest absolute Gasteiger partial charge is 0.195 e. The van der Waals surface area contributed by atoms with E-state index in [9.17, 15) is 5.11 Å². The van der Waals surface area contributed by atoms with E-state index in [-0.39, 0.29) is 12.0 Å². The second-order valence-corrected chi connectivity index (χ2v) is 5.64. The molecule has 4 nitrogen and oxygen atoms in total. The number of aromatic amines is 1. The van der Waals surface area contributed by atoms with Crippen LogP contribution in [0.5, 0.6) is 0 Å². The number of nitrogens with zero attached hydrogens (tertiary/aromatic N) is 2. The highest BCUT2D eigenvalue weighted by Gasteiger charge is 2.20. The first-order valence-corrected chi connectivity index (χ1v) is 7.50. The molecule has 0 fully saturated rings. The first-order valence-electron chi connectivity index (χ1n) is 7.09. The van der Waals surface area contributed by atoms with Crippen molar-refractivity contribution in [2.24, 2.45) is 0 Å². The molecule has 5 heteroatoms. The summed E-state index contributed by atoms with van der Waals surface area (Å²) in [5.41, 5.74) is 1.22. The maximum Gasteiger partial charge on any atom is 0.195 e. The number of rotatable bonds is 7. The summed E-state index contributed by atoms with van der Waals surface area (Å²) in [7, 11) is 0. The number of allylic oxidation sites excluding steroid dienone is 1. The predicted octanol–water partition coefficient (Wildman–Crippen LogP) is 3.22. The van der Waals surface area contributed by atoms with Gasteiger partial charge in [0.25, 0.3) is 0 Å². The fourth-order valence-corrected chi connectivity index (χ4v) is 2.75. The Morgan fingerprint density at radius 1 is 1.43 bits per heavy atom. The molecule has 1 aromatic carbocycles. The molecular weight excluding hydrogens is 282 g/mol. The molecule has 0 spiro atoms. The fraction of sp³-hybridized carbons (Fsp3) is 0.375. The van der Waals surface area contributed by atoms with Crippen molar-refractivity contribution in [3.05, 3.63) is 59.1 Å². The van der Waals surface area contributed by atoms with Crippen LogP contribution in [-0.4, -0.2) is 26.0 Å². The molecule has 21 heavy (non-hydrogen) atoms. The lowest BCUT2D eigenvalue weighted by molar-refractivity contribution is 0.172. The molecule has 0 radical (unpaired) electrons. The number of nitrogens with one attached hydrogen (secondary N) is 1. The molecule has 0 bridgehead atoms. The van der Waals surface area contributed by atoms with Gasteiger partial charge in [-0.3, -0.25) is 5.10 Å². The van der Waals surface area contributed by atoms with Crippen LogP contribution in [0.4, 0.5) is 0 Å². The van der Waals surface area contributed by atoms with Crippen LogP contribution < -0.4 is 0 Å². The van der Waals surface area contributed by atoms with Gasteiger partial charge in [0.1, 0.15) is 5.82 Å². The third-order valence-corrected chi connectivity index (χ3v) is 3.73. The van der Waals surface area contributed by atoms with E-state index in [1.807, 2.05) is 22.8 Å². The molecule has 2 unspecified atom stereocenters. The maximum absolute atomic E-state index is 9.80. The molecule has 112 valence electrons. The van der Waals surface area contributed by atoms with Gasteiger partial charge in [-0.25, -0.2) is 0 Å². The van der Waals surface area contributed by atoms with Gasteiger partial charge in [-0.05, 0) is 37.5 Å². The van der Waals surface area contributed by atoms with Crippen molar-refractivity contribution in [2.45, 2.75) is 38.3 Å². The van der Waals surface area contributed by atoms with Crippen LogP contribution in [0.1, 0.15) is 30.7 Å². The molecule has 0 aliphatic heterocycles. The Labute approximate surface area is 130 Å². The SMILES string of the molecule is C=CCn1c(C(Cc2ccccc2)CC(C)O)n[nH]c1=S. The minimum atomic E-state index is -0.388. The summed E-state index contributed by atoms with van der Waals surface area (Å²) in [5.74, 6) is 0.991. The lowest BCUT2D eigenvalue weighted by Gasteiger charge is -2.18. The lowest BCUT2D eigenvalue weighted by atomic mass is 9.93. The van der Waals surface area contributed by atoms with Gasteiger partial charge >= 0.3 is 0 Å².